The predicted molar refractivity (Wildman–Crippen MR) is 102 cm³/mol. The maximum absolute atomic E-state index is 13.0. The Hall–Kier alpha value is -2.96. The molecule has 3 aromatic rings. The summed E-state index contributed by atoms with van der Waals surface area (Å²) in [5, 5.41) is 9.02. The summed E-state index contributed by atoms with van der Waals surface area (Å²) in [7, 11) is 0. The first kappa shape index (κ1) is 17.5. The van der Waals surface area contributed by atoms with Gasteiger partial charge in [-0.25, -0.2) is 9.67 Å². The van der Waals surface area contributed by atoms with Crippen molar-refractivity contribution in [3.63, 3.8) is 0 Å². The first-order valence-electron chi connectivity index (χ1n) is 9.32. The lowest BCUT2D eigenvalue weighted by molar-refractivity contribution is -0.137. The zero-order valence-electron chi connectivity index (χ0n) is 15.9. The Bertz CT molecular complexity index is 943. The second-order valence-electron chi connectivity index (χ2n) is 7.31. The van der Waals surface area contributed by atoms with Gasteiger partial charge in [0.15, 0.2) is 11.6 Å². The lowest BCUT2D eigenvalue weighted by Gasteiger charge is -2.37. The molecule has 0 fully saturated rings. The summed E-state index contributed by atoms with van der Waals surface area (Å²) >= 11 is 0. The first-order chi connectivity index (χ1) is 13.0. The molecule has 7 nitrogen and oxygen atoms in total. The van der Waals surface area contributed by atoms with Crippen LogP contribution in [0, 0.1) is 12.8 Å². The van der Waals surface area contributed by atoms with Gasteiger partial charge < -0.3 is 4.90 Å². The summed E-state index contributed by atoms with van der Waals surface area (Å²) in [5.41, 5.74) is 1.90. The molecule has 0 spiro atoms. The lowest BCUT2D eigenvalue weighted by atomic mass is 9.99. The van der Waals surface area contributed by atoms with Crippen molar-refractivity contribution in [1.82, 2.24) is 29.4 Å². The van der Waals surface area contributed by atoms with Crippen LogP contribution in [0.2, 0.25) is 0 Å². The maximum atomic E-state index is 13.0. The van der Waals surface area contributed by atoms with Crippen molar-refractivity contribution in [2.24, 2.45) is 5.92 Å². The van der Waals surface area contributed by atoms with E-state index >= 15 is 0 Å². The Morgan fingerprint density at radius 1 is 1.15 bits per heavy atom. The fourth-order valence-electron chi connectivity index (χ4n) is 3.65. The van der Waals surface area contributed by atoms with Crippen molar-refractivity contribution in [2.75, 3.05) is 6.54 Å². The zero-order valence-corrected chi connectivity index (χ0v) is 15.9. The van der Waals surface area contributed by atoms with Crippen LogP contribution in [0.5, 0.6) is 0 Å². The summed E-state index contributed by atoms with van der Waals surface area (Å²) < 4.78 is 3.65. The molecule has 1 atom stereocenters. The van der Waals surface area contributed by atoms with Gasteiger partial charge in [-0.2, -0.15) is 10.2 Å². The number of aromatic nitrogens is 5. The van der Waals surface area contributed by atoms with Gasteiger partial charge in [0.25, 0.3) is 0 Å². The fraction of sp³-hybridized carbons (Fsp3) is 0.400. The highest BCUT2D eigenvalue weighted by Crippen LogP contribution is 2.32. The normalized spacial score (nSPS) is 16.6. The van der Waals surface area contributed by atoms with E-state index in [-0.39, 0.29) is 24.4 Å². The molecule has 0 radical (unpaired) electrons. The van der Waals surface area contributed by atoms with Crippen LogP contribution >= 0.6 is 0 Å². The highest BCUT2D eigenvalue weighted by Gasteiger charge is 2.35. The Morgan fingerprint density at radius 2 is 1.93 bits per heavy atom. The van der Waals surface area contributed by atoms with Crippen LogP contribution in [0.4, 0.5) is 0 Å². The number of benzene rings is 1. The van der Waals surface area contributed by atoms with E-state index in [1.54, 1.807) is 4.68 Å². The minimum absolute atomic E-state index is 0.0623. The molecule has 0 aliphatic carbocycles. The molecule has 1 aliphatic heterocycles. The van der Waals surface area contributed by atoms with Crippen LogP contribution < -0.4 is 0 Å². The molecule has 1 aliphatic rings. The minimum atomic E-state index is -0.0899. The van der Waals surface area contributed by atoms with Gasteiger partial charge in [-0.05, 0) is 18.9 Å². The third-order valence-electron chi connectivity index (χ3n) is 4.91. The molecule has 1 amide bonds. The highest BCUT2D eigenvalue weighted by atomic mass is 16.2. The zero-order chi connectivity index (χ0) is 19.0. The molecule has 3 heterocycles. The SMILES string of the molecule is Cc1ccn(CC(=O)N2CCn3nc(-c4ccccc4)nc3[C@@H]2C(C)C)n1. The lowest BCUT2D eigenvalue weighted by Crippen LogP contribution is -2.46. The van der Waals surface area contributed by atoms with Crippen molar-refractivity contribution >= 4 is 5.91 Å². The van der Waals surface area contributed by atoms with E-state index in [9.17, 15) is 4.79 Å². The predicted octanol–water partition coefficient (Wildman–Crippen LogP) is 2.69. The Kier molecular flexibility index (Phi) is 4.51. The third-order valence-corrected chi connectivity index (χ3v) is 4.91. The summed E-state index contributed by atoms with van der Waals surface area (Å²) in [4.78, 5) is 19.7. The van der Waals surface area contributed by atoms with Gasteiger partial charge in [0, 0.05) is 18.3 Å². The van der Waals surface area contributed by atoms with E-state index in [4.69, 9.17) is 4.98 Å². The third kappa shape index (κ3) is 3.37. The monoisotopic (exact) mass is 364 g/mol. The molecule has 0 bridgehead atoms. The molecule has 140 valence electrons. The highest BCUT2D eigenvalue weighted by molar-refractivity contribution is 5.76. The molecule has 0 unspecified atom stereocenters. The van der Waals surface area contributed by atoms with Gasteiger partial charge in [-0.1, -0.05) is 44.2 Å². The minimum Gasteiger partial charge on any atom is -0.329 e. The molecule has 7 heteroatoms. The second kappa shape index (κ2) is 6.98. The number of rotatable bonds is 4. The van der Waals surface area contributed by atoms with Crippen molar-refractivity contribution in [3.05, 3.63) is 54.1 Å². The Balaban J connectivity index is 1.63. The average Bonchev–Trinajstić information content (AvgIpc) is 3.27. The summed E-state index contributed by atoms with van der Waals surface area (Å²) in [6, 6.07) is 11.8. The molecule has 0 N–H and O–H groups in total. The first-order valence-corrected chi connectivity index (χ1v) is 9.32. The largest absolute Gasteiger partial charge is 0.329 e. The van der Waals surface area contributed by atoms with Crippen molar-refractivity contribution in [3.8, 4) is 11.4 Å². The number of carbonyl (C=O) groups is 1. The maximum Gasteiger partial charge on any atom is 0.244 e. The van der Waals surface area contributed by atoms with E-state index in [1.807, 2.05) is 59.1 Å². The molecular formula is C20H24N6O. The number of amides is 1. The fourth-order valence-corrected chi connectivity index (χ4v) is 3.65. The molecule has 27 heavy (non-hydrogen) atoms. The number of hydrogen-bond acceptors (Lipinski definition) is 4. The topological polar surface area (TPSA) is 68.8 Å². The van der Waals surface area contributed by atoms with Crippen LogP contribution in [0.1, 0.15) is 31.4 Å². The van der Waals surface area contributed by atoms with Gasteiger partial charge in [0.2, 0.25) is 5.91 Å². The summed E-state index contributed by atoms with van der Waals surface area (Å²) in [6.45, 7) is 7.70. The van der Waals surface area contributed by atoms with E-state index in [1.165, 1.54) is 0 Å². The number of hydrogen-bond donors (Lipinski definition) is 0. The van der Waals surface area contributed by atoms with Gasteiger partial charge in [-0.15, -0.1) is 0 Å². The van der Waals surface area contributed by atoms with Gasteiger partial charge >= 0.3 is 0 Å². The van der Waals surface area contributed by atoms with E-state index in [0.29, 0.717) is 18.9 Å². The van der Waals surface area contributed by atoms with E-state index in [2.05, 4.69) is 24.0 Å². The Labute approximate surface area is 158 Å². The average molecular weight is 364 g/mol. The van der Waals surface area contributed by atoms with Gasteiger partial charge in [0.1, 0.15) is 6.54 Å². The van der Waals surface area contributed by atoms with Crippen LogP contribution in [0.25, 0.3) is 11.4 Å². The number of aryl methyl sites for hydroxylation is 1. The smallest absolute Gasteiger partial charge is 0.244 e. The van der Waals surface area contributed by atoms with Crippen LogP contribution in [0.3, 0.4) is 0 Å². The van der Waals surface area contributed by atoms with Gasteiger partial charge in [0.05, 0.1) is 18.3 Å². The molecule has 2 aromatic heterocycles. The quantitative estimate of drug-likeness (QED) is 0.714. The van der Waals surface area contributed by atoms with Crippen molar-refractivity contribution < 1.29 is 4.79 Å². The molecular weight excluding hydrogens is 340 g/mol. The second-order valence-corrected chi connectivity index (χ2v) is 7.31. The molecule has 4 rings (SSSR count). The summed E-state index contributed by atoms with van der Waals surface area (Å²) in [5.74, 6) is 1.88. The van der Waals surface area contributed by atoms with Crippen LogP contribution in [0.15, 0.2) is 42.6 Å². The van der Waals surface area contributed by atoms with Gasteiger partial charge in [-0.3, -0.25) is 9.48 Å². The van der Waals surface area contributed by atoms with Crippen molar-refractivity contribution in [1.29, 1.82) is 0 Å². The number of fused-ring (bicyclic) bond motifs is 1. The van der Waals surface area contributed by atoms with Crippen molar-refractivity contribution in [2.45, 2.75) is 39.9 Å². The molecule has 0 saturated heterocycles. The van der Waals surface area contributed by atoms with E-state index < -0.39 is 0 Å². The summed E-state index contributed by atoms with van der Waals surface area (Å²) in [6.07, 6.45) is 1.84. The molecule has 1 aromatic carbocycles. The molecule has 0 saturated carbocycles. The van der Waals surface area contributed by atoms with E-state index in [0.717, 1.165) is 17.1 Å². The Morgan fingerprint density at radius 3 is 2.59 bits per heavy atom. The standard InChI is InChI=1S/C20H24N6O/c1-14(2)18-20-21-19(16-7-5-4-6-8-16)23-26(20)12-11-25(18)17(27)13-24-10-9-15(3)22-24/h4-10,14,18H,11-13H2,1-3H3/t18-/m0/s1. The van der Waals surface area contributed by atoms with Crippen LogP contribution in [-0.2, 0) is 17.9 Å². The number of nitrogens with zero attached hydrogens (tertiary/aromatic N) is 6. The number of carbonyl (C=O) groups excluding carboxylic acids is 1. The van der Waals surface area contributed by atoms with Crippen LogP contribution in [-0.4, -0.2) is 41.9 Å².